The van der Waals surface area contributed by atoms with E-state index in [1.54, 1.807) is 0 Å². The molecule has 1 heterocycles. The molecule has 1 saturated heterocycles. The highest BCUT2D eigenvalue weighted by Gasteiger charge is 2.31. The predicted octanol–water partition coefficient (Wildman–Crippen LogP) is 5.49. The van der Waals surface area contributed by atoms with Crippen LogP contribution in [0.15, 0.2) is 24.6 Å². The number of hydrogen-bond acceptors (Lipinski definition) is 1. The number of hydrogen-bond donors (Lipinski definition) is 0. The molecule has 1 heteroatoms. The van der Waals surface area contributed by atoms with Gasteiger partial charge in [-0.25, -0.2) is 0 Å². The quantitative estimate of drug-likeness (QED) is 0.564. The van der Waals surface area contributed by atoms with E-state index < -0.39 is 0 Å². The summed E-state index contributed by atoms with van der Waals surface area (Å²) in [6, 6.07) is 0.655. The first-order chi connectivity index (χ1) is 8.91. The molecule has 108 valence electrons. The molecule has 0 aromatic heterocycles. The molecule has 19 heavy (non-hydrogen) atoms. The molecule has 0 bridgehead atoms. The smallest absolute Gasteiger partial charge is 0.0335 e. The maximum absolute atomic E-state index is 4.39. The SMILES string of the molecule is C=C1CCCC(C)C(=C)N1C1CCCC(C)(C)CC1. The van der Waals surface area contributed by atoms with Crippen LogP contribution in [-0.4, -0.2) is 10.9 Å². The van der Waals surface area contributed by atoms with Crippen molar-refractivity contribution in [2.45, 2.75) is 78.2 Å². The van der Waals surface area contributed by atoms with Crippen LogP contribution in [0.3, 0.4) is 0 Å². The van der Waals surface area contributed by atoms with E-state index in [1.165, 1.54) is 56.3 Å². The third-order valence-electron chi connectivity index (χ3n) is 5.23. The van der Waals surface area contributed by atoms with E-state index in [2.05, 4.69) is 38.8 Å². The minimum Gasteiger partial charge on any atom is -0.347 e. The fraction of sp³-hybridized carbons (Fsp3) is 0.778. The Labute approximate surface area is 119 Å². The van der Waals surface area contributed by atoms with Crippen LogP contribution in [0, 0.1) is 11.3 Å². The Balaban J connectivity index is 2.13. The largest absolute Gasteiger partial charge is 0.347 e. The Bertz CT molecular complexity index is 353. The maximum Gasteiger partial charge on any atom is 0.0335 e. The van der Waals surface area contributed by atoms with Crippen molar-refractivity contribution in [3.05, 3.63) is 24.6 Å². The van der Waals surface area contributed by atoms with E-state index in [0.717, 1.165) is 6.42 Å². The molecule has 2 atom stereocenters. The maximum atomic E-state index is 4.39. The highest BCUT2D eigenvalue weighted by Crippen LogP contribution is 2.39. The van der Waals surface area contributed by atoms with Crippen LogP contribution in [0.5, 0.6) is 0 Å². The van der Waals surface area contributed by atoms with Crippen molar-refractivity contribution in [3.8, 4) is 0 Å². The Kier molecular flexibility index (Phi) is 4.43. The highest BCUT2D eigenvalue weighted by atomic mass is 15.2. The summed E-state index contributed by atoms with van der Waals surface area (Å²) in [5.41, 5.74) is 3.17. The van der Waals surface area contributed by atoms with Gasteiger partial charge in [-0.2, -0.15) is 0 Å². The number of allylic oxidation sites excluding steroid dienone is 2. The standard InChI is InChI=1S/C18H31N/c1-14-8-6-9-15(2)19(16(14)3)17-10-7-12-18(4,5)13-11-17/h14,17H,2-3,6-13H2,1,4-5H3. The summed E-state index contributed by atoms with van der Waals surface area (Å²) >= 11 is 0. The van der Waals surface area contributed by atoms with Gasteiger partial charge in [-0.3, -0.25) is 0 Å². The van der Waals surface area contributed by atoms with Crippen molar-refractivity contribution in [3.63, 3.8) is 0 Å². The zero-order valence-corrected chi connectivity index (χ0v) is 13.2. The topological polar surface area (TPSA) is 3.24 Å². The van der Waals surface area contributed by atoms with E-state index in [4.69, 9.17) is 0 Å². The van der Waals surface area contributed by atoms with Gasteiger partial charge in [-0.05, 0) is 56.3 Å². The number of nitrogens with zero attached hydrogens (tertiary/aromatic N) is 1. The van der Waals surface area contributed by atoms with Gasteiger partial charge in [0.25, 0.3) is 0 Å². The molecule has 0 N–H and O–H groups in total. The zero-order chi connectivity index (χ0) is 14.0. The van der Waals surface area contributed by atoms with E-state index >= 15 is 0 Å². The van der Waals surface area contributed by atoms with E-state index in [-0.39, 0.29) is 0 Å². The van der Waals surface area contributed by atoms with Crippen molar-refractivity contribution in [2.24, 2.45) is 11.3 Å². The minimum absolute atomic E-state index is 0.523. The first kappa shape index (κ1) is 14.7. The Morgan fingerprint density at radius 2 is 1.79 bits per heavy atom. The fourth-order valence-electron chi connectivity index (χ4n) is 3.73. The lowest BCUT2D eigenvalue weighted by Gasteiger charge is -2.37. The summed E-state index contributed by atoms with van der Waals surface area (Å²) in [5, 5.41) is 0. The van der Waals surface area contributed by atoms with Crippen molar-refractivity contribution in [1.29, 1.82) is 0 Å². The minimum atomic E-state index is 0.523. The normalized spacial score (nSPS) is 32.9. The Morgan fingerprint density at radius 1 is 1.05 bits per heavy atom. The Morgan fingerprint density at radius 3 is 2.53 bits per heavy atom. The molecule has 1 aliphatic heterocycles. The van der Waals surface area contributed by atoms with Crippen LogP contribution in [0.2, 0.25) is 0 Å². The molecule has 2 aliphatic rings. The molecule has 0 aromatic rings. The summed E-state index contributed by atoms with van der Waals surface area (Å²) in [4.78, 5) is 2.53. The fourth-order valence-corrected chi connectivity index (χ4v) is 3.73. The lowest BCUT2D eigenvalue weighted by molar-refractivity contribution is 0.251. The van der Waals surface area contributed by atoms with Gasteiger partial charge < -0.3 is 4.90 Å². The average molecular weight is 261 g/mol. The van der Waals surface area contributed by atoms with E-state index in [1.807, 2.05) is 0 Å². The van der Waals surface area contributed by atoms with Gasteiger partial charge in [0, 0.05) is 17.4 Å². The molecular formula is C18H31N. The van der Waals surface area contributed by atoms with Crippen LogP contribution in [-0.2, 0) is 0 Å². The van der Waals surface area contributed by atoms with Gasteiger partial charge in [-0.15, -0.1) is 0 Å². The van der Waals surface area contributed by atoms with Crippen LogP contribution < -0.4 is 0 Å². The van der Waals surface area contributed by atoms with Crippen LogP contribution in [0.4, 0.5) is 0 Å². The molecular weight excluding hydrogens is 230 g/mol. The molecule has 0 radical (unpaired) electrons. The van der Waals surface area contributed by atoms with Crippen molar-refractivity contribution in [1.82, 2.24) is 4.90 Å². The van der Waals surface area contributed by atoms with Gasteiger partial charge in [-0.1, -0.05) is 40.3 Å². The van der Waals surface area contributed by atoms with Crippen molar-refractivity contribution >= 4 is 0 Å². The van der Waals surface area contributed by atoms with E-state index in [0.29, 0.717) is 17.4 Å². The monoisotopic (exact) mass is 261 g/mol. The second kappa shape index (κ2) is 5.73. The molecule has 1 saturated carbocycles. The Hall–Kier alpha value is -0.720. The van der Waals surface area contributed by atoms with Gasteiger partial charge in [0.2, 0.25) is 0 Å². The van der Waals surface area contributed by atoms with Crippen molar-refractivity contribution in [2.75, 3.05) is 0 Å². The summed E-state index contributed by atoms with van der Waals surface area (Å²) < 4.78 is 0. The number of rotatable bonds is 1. The summed E-state index contributed by atoms with van der Waals surface area (Å²) in [5.74, 6) is 0.621. The molecule has 1 aliphatic carbocycles. The average Bonchev–Trinajstić information content (AvgIpc) is 2.57. The second-order valence-electron chi connectivity index (χ2n) is 7.47. The third-order valence-corrected chi connectivity index (χ3v) is 5.23. The summed E-state index contributed by atoms with van der Waals surface area (Å²) in [7, 11) is 0. The molecule has 1 nitrogen and oxygen atoms in total. The lowest BCUT2D eigenvalue weighted by Crippen LogP contribution is -2.34. The van der Waals surface area contributed by atoms with Crippen LogP contribution in [0.1, 0.15) is 72.1 Å². The zero-order valence-electron chi connectivity index (χ0n) is 13.2. The highest BCUT2D eigenvalue weighted by molar-refractivity contribution is 5.14. The van der Waals surface area contributed by atoms with E-state index in [9.17, 15) is 0 Å². The first-order valence-electron chi connectivity index (χ1n) is 8.06. The van der Waals surface area contributed by atoms with Gasteiger partial charge in [0.05, 0.1) is 0 Å². The summed E-state index contributed by atoms with van der Waals surface area (Å²) in [6.07, 6.45) is 10.4. The lowest BCUT2D eigenvalue weighted by atomic mass is 9.85. The molecule has 0 aromatic carbocycles. The van der Waals surface area contributed by atoms with Gasteiger partial charge in [0.1, 0.15) is 0 Å². The second-order valence-corrected chi connectivity index (χ2v) is 7.47. The molecule has 0 amide bonds. The number of likely N-dealkylation sites (tertiary alicyclic amines) is 1. The molecule has 2 fully saturated rings. The predicted molar refractivity (Wildman–Crippen MR) is 83.8 cm³/mol. The van der Waals surface area contributed by atoms with Crippen LogP contribution >= 0.6 is 0 Å². The van der Waals surface area contributed by atoms with Gasteiger partial charge >= 0.3 is 0 Å². The third kappa shape index (κ3) is 3.43. The van der Waals surface area contributed by atoms with Crippen LogP contribution in [0.25, 0.3) is 0 Å². The molecule has 2 rings (SSSR count). The molecule has 0 spiro atoms. The molecule has 2 unspecified atom stereocenters. The first-order valence-corrected chi connectivity index (χ1v) is 8.06. The van der Waals surface area contributed by atoms with Gasteiger partial charge in [0.15, 0.2) is 0 Å². The van der Waals surface area contributed by atoms with Crippen molar-refractivity contribution < 1.29 is 0 Å². The summed E-state index contributed by atoms with van der Waals surface area (Å²) in [6.45, 7) is 15.9.